The highest BCUT2D eigenvalue weighted by molar-refractivity contribution is 7.92. The molecule has 0 atom stereocenters. The third-order valence-corrected chi connectivity index (χ3v) is 7.14. The number of hydrogen-bond acceptors (Lipinski definition) is 6. The molecule has 0 saturated carbocycles. The zero-order chi connectivity index (χ0) is 23.7. The van der Waals surface area contributed by atoms with Crippen LogP contribution < -0.4 is 19.1 Å². The number of pyridine rings is 1. The van der Waals surface area contributed by atoms with Crippen molar-refractivity contribution in [1.82, 2.24) is 4.98 Å². The smallest absolute Gasteiger partial charge is 0.262 e. The number of benzene rings is 3. The second-order valence-electron chi connectivity index (χ2n) is 8.31. The van der Waals surface area contributed by atoms with Gasteiger partial charge in [0.1, 0.15) is 24.7 Å². The molecule has 7 nitrogen and oxygen atoms in total. The normalized spacial score (nSPS) is 13.3. The maximum atomic E-state index is 13.1. The van der Waals surface area contributed by atoms with Crippen molar-refractivity contribution >= 4 is 32.3 Å². The first kappa shape index (κ1) is 22.0. The minimum atomic E-state index is -3.82. The van der Waals surface area contributed by atoms with Crippen LogP contribution in [-0.2, 0) is 16.6 Å². The minimum Gasteiger partial charge on any atom is -0.490 e. The van der Waals surface area contributed by atoms with E-state index in [1.165, 1.54) is 0 Å². The monoisotopic (exact) mass is 475 g/mol. The van der Waals surface area contributed by atoms with Crippen molar-refractivity contribution in [2.75, 3.05) is 29.8 Å². The van der Waals surface area contributed by atoms with Gasteiger partial charge in [0.05, 0.1) is 22.6 Å². The molecule has 174 valence electrons. The van der Waals surface area contributed by atoms with E-state index in [0.29, 0.717) is 12.1 Å². The number of nitrogens with zero attached hydrogens (tertiary/aromatic N) is 2. The second-order valence-corrected chi connectivity index (χ2v) is 10.00. The molecule has 0 fully saturated rings. The fraction of sp³-hybridized carbons (Fsp3) is 0.192. The molecule has 1 N–H and O–H groups in total. The molecule has 5 rings (SSSR count). The molecule has 0 aliphatic carbocycles. The maximum absolute atomic E-state index is 13.1. The number of fused-ring (bicyclic) bond motifs is 2. The molecule has 2 heterocycles. The van der Waals surface area contributed by atoms with E-state index in [4.69, 9.17) is 9.47 Å². The first-order chi connectivity index (χ1) is 16.4. The van der Waals surface area contributed by atoms with Crippen LogP contribution in [0, 0.1) is 6.92 Å². The van der Waals surface area contributed by atoms with Crippen molar-refractivity contribution in [3.8, 4) is 11.6 Å². The van der Waals surface area contributed by atoms with Crippen LogP contribution in [0.4, 0.5) is 11.4 Å². The van der Waals surface area contributed by atoms with E-state index in [-0.39, 0.29) is 23.1 Å². The topological polar surface area (TPSA) is 80.8 Å². The van der Waals surface area contributed by atoms with Crippen molar-refractivity contribution in [1.29, 1.82) is 0 Å². The summed E-state index contributed by atoms with van der Waals surface area (Å²) in [7, 11) is -1.79. The van der Waals surface area contributed by atoms with E-state index < -0.39 is 10.0 Å². The number of para-hydroxylation sites is 1. The van der Waals surface area contributed by atoms with Gasteiger partial charge >= 0.3 is 0 Å². The number of hydrogen-bond donors (Lipinski definition) is 1. The highest BCUT2D eigenvalue weighted by Crippen LogP contribution is 2.33. The number of aromatic nitrogens is 1. The van der Waals surface area contributed by atoms with Crippen LogP contribution in [0.15, 0.2) is 77.7 Å². The summed E-state index contributed by atoms with van der Waals surface area (Å²) in [5, 5.41) is 0.807. The lowest BCUT2D eigenvalue weighted by atomic mass is 10.1. The Hall–Kier alpha value is -3.78. The Labute approximate surface area is 199 Å². The van der Waals surface area contributed by atoms with Crippen LogP contribution in [0.2, 0.25) is 0 Å². The van der Waals surface area contributed by atoms with E-state index in [1.54, 1.807) is 30.3 Å². The van der Waals surface area contributed by atoms with E-state index >= 15 is 0 Å². The van der Waals surface area contributed by atoms with Gasteiger partial charge in [0.25, 0.3) is 10.0 Å². The van der Waals surface area contributed by atoms with E-state index in [9.17, 15) is 8.42 Å². The Balaban J connectivity index is 1.45. The number of likely N-dealkylation sites (N-methyl/N-ethyl adjacent to an activating group) is 1. The van der Waals surface area contributed by atoms with Gasteiger partial charge in [-0.05, 0) is 48.9 Å². The molecular weight excluding hydrogens is 450 g/mol. The average Bonchev–Trinajstić information content (AvgIpc) is 2.83. The predicted octanol–water partition coefficient (Wildman–Crippen LogP) is 4.75. The highest BCUT2D eigenvalue weighted by atomic mass is 32.2. The minimum absolute atomic E-state index is 0.174. The first-order valence-electron chi connectivity index (χ1n) is 11.0. The van der Waals surface area contributed by atoms with Crippen LogP contribution in [0.25, 0.3) is 10.9 Å². The van der Waals surface area contributed by atoms with Crippen molar-refractivity contribution in [2.45, 2.75) is 18.4 Å². The Kier molecular flexibility index (Phi) is 5.75. The number of ether oxygens (including phenoxy) is 2. The molecule has 1 aliphatic rings. The molecule has 4 aromatic rings. The third-order valence-electron chi connectivity index (χ3n) is 5.76. The number of sulfonamides is 1. The maximum Gasteiger partial charge on any atom is 0.262 e. The third kappa shape index (κ3) is 4.49. The molecule has 0 bridgehead atoms. The molecule has 8 heteroatoms. The molecule has 0 radical (unpaired) electrons. The SMILES string of the molecule is Cc1ccc(S(=O)(=O)Nc2cc3ccccc3nc2OCc2ccc3c(c2)OCCN3C)cc1. The van der Waals surface area contributed by atoms with Gasteiger partial charge in [-0.25, -0.2) is 13.4 Å². The van der Waals surface area contributed by atoms with Gasteiger partial charge in [0, 0.05) is 12.4 Å². The van der Waals surface area contributed by atoms with Crippen molar-refractivity contribution in [2.24, 2.45) is 0 Å². The van der Waals surface area contributed by atoms with Crippen LogP contribution in [0.1, 0.15) is 11.1 Å². The summed E-state index contributed by atoms with van der Waals surface area (Å²) in [5.41, 5.74) is 3.91. The standard InChI is InChI=1S/C26H25N3O4S/c1-18-7-10-21(11-8-18)34(30,31)28-23-16-20-5-3-4-6-22(20)27-26(23)33-17-19-9-12-24-25(15-19)32-14-13-29(24)2/h3-12,15-16,28H,13-14,17H2,1-2H3. The summed E-state index contributed by atoms with van der Waals surface area (Å²) in [4.78, 5) is 6.91. The van der Waals surface area contributed by atoms with Crippen molar-refractivity contribution in [3.05, 3.63) is 83.9 Å². The van der Waals surface area contributed by atoms with Crippen LogP contribution in [-0.4, -0.2) is 33.6 Å². The molecule has 0 spiro atoms. The van der Waals surface area contributed by atoms with Gasteiger partial charge in [-0.2, -0.15) is 0 Å². The summed E-state index contributed by atoms with van der Waals surface area (Å²) >= 11 is 0. The van der Waals surface area contributed by atoms with Gasteiger partial charge in [0.2, 0.25) is 5.88 Å². The Morgan fingerprint density at radius 1 is 1.06 bits per heavy atom. The molecule has 0 amide bonds. The van der Waals surface area contributed by atoms with Gasteiger partial charge < -0.3 is 14.4 Å². The quantitative estimate of drug-likeness (QED) is 0.433. The fourth-order valence-corrected chi connectivity index (χ4v) is 4.89. The number of aryl methyl sites for hydroxylation is 1. The molecule has 1 aliphatic heterocycles. The summed E-state index contributed by atoms with van der Waals surface area (Å²) in [6.45, 7) is 3.59. The number of anilines is 2. The lowest BCUT2D eigenvalue weighted by Gasteiger charge is -2.28. The highest BCUT2D eigenvalue weighted by Gasteiger charge is 2.19. The van der Waals surface area contributed by atoms with Gasteiger partial charge in [-0.3, -0.25) is 4.72 Å². The molecule has 34 heavy (non-hydrogen) atoms. The zero-order valence-corrected chi connectivity index (χ0v) is 19.8. The zero-order valence-electron chi connectivity index (χ0n) is 19.0. The molecule has 0 saturated heterocycles. The van der Waals surface area contributed by atoms with Crippen LogP contribution in [0.5, 0.6) is 11.6 Å². The van der Waals surface area contributed by atoms with Gasteiger partial charge in [-0.15, -0.1) is 0 Å². The summed E-state index contributed by atoms with van der Waals surface area (Å²) < 4.78 is 40.6. The molecule has 1 aromatic heterocycles. The van der Waals surface area contributed by atoms with Crippen molar-refractivity contribution in [3.63, 3.8) is 0 Å². The molecular formula is C26H25N3O4S. The fourth-order valence-electron chi connectivity index (χ4n) is 3.85. The summed E-state index contributed by atoms with van der Waals surface area (Å²) in [6, 6.07) is 21.9. The Morgan fingerprint density at radius 3 is 2.68 bits per heavy atom. The lowest BCUT2D eigenvalue weighted by molar-refractivity contribution is 0.291. The number of nitrogens with one attached hydrogen (secondary N) is 1. The summed E-state index contributed by atoms with van der Waals surface area (Å²) in [5.74, 6) is 1.02. The largest absolute Gasteiger partial charge is 0.490 e. The Morgan fingerprint density at radius 2 is 1.85 bits per heavy atom. The Bertz CT molecular complexity index is 1450. The van der Waals surface area contributed by atoms with E-state index in [2.05, 4.69) is 14.6 Å². The predicted molar refractivity (Wildman–Crippen MR) is 133 cm³/mol. The second kappa shape index (κ2) is 8.87. The average molecular weight is 476 g/mol. The lowest BCUT2D eigenvalue weighted by Crippen LogP contribution is -2.28. The van der Waals surface area contributed by atoms with Crippen LogP contribution >= 0.6 is 0 Å². The van der Waals surface area contributed by atoms with Crippen molar-refractivity contribution < 1.29 is 17.9 Å². The van der Waals surface area contributed by atoms with E-state index in [1.807, 2.05) is 56.4 Å². The van der Waals surface area contributed by atoms with E-state index in [0.717, 1.165) is 34.5 Å². The van der Waals surface area contributed by atoms with Crippen LogP contribution in [0.3, 0.4) is 0 Å². The van der Waals surface area contributed by atoms with Gasteiger partial charge in [-0.1, -0.05) is 42.0 Å². The first-order valence-corrected chi connectivity index (χ1v) is 12.5. The van der Waals surface area contributed by atoms with Gasteiger partial charge in [0.15, 0.2) is 0 Å². The molecule has 0 unspecified atom stereocenters. The summed E-state index contributed by atoms with van der Waals surface area (Å²) in [6.07, 6.45) is 0. The number of rotatable bonds is 6. The molecule has 3 aromatic carbocycles.